The van der Waals surface area contributed by atoms with Crippen molar-refractivity contribution >= 4 is 35.2 Å². The summed E-state index contributed by atoms with van der Waals surface area (Å²) in [6, 6.07) is 51.9. The molecule has 0 unspecified atom stereocenters. The first-order valence-corrected chi connectivity index (χ1v) is 27.9. The summed E-state index contributed by atoms with van der Waals surface area (Å²) < 4.78 is 29.9. The maximum atomic E-state index is 7.95. The molecule has 0 bridgehead atoms. The number of aryl methyl sites for hydroxylation is 1. The third-order valence-electron chi connectivity index (χ3n) is 11.8. The summed E-state index contributed by atoms with van der Waals surface area (Å²) in [7, 11) is -1.36. The van der Waals surface area contributed by atoms with E-state index < -0.39 is 14.9 Å². The zero-order valence-corrected chi connectivity index (χ0v) is 46.8. The van der Waals surface area contributed by atoms with Crippen LogP contribution in [-0.2, 0) is 39.4 Å². The Morgan fingerprint density at radius 3 is 1.44 bits per heavy atom. The van der Waals surface area contributed by atoms with Gasteiger partial charge in [0.05, 0.1) is 25.2 Å². The van der Waals surface area contributed by atoms with Crippen molar-refractivity contribution in [3.8, 4) is 44.9 Å². The van der Waals surface area contributed by atoms with E-state index >= 15 is 0 Å². The van der Waals surface area contributed by atoms with Gasteiger partial charge in [0.25, 0.3) is 0 Å². The first-order chi connectivity index (χ1) is 33.8. The van der Waals surface area contributed by atoms with Crippen molar-refractivity contribution in [1.29, 1.82) is 0 Å². The summed E-state index contributed by atoms with van der Waals surface area (Å²) in [6.45, 7) is 25.1. The molecule has 0 atom stereocenters. The van der Waals surface area contributed by atoms with E-state index in [-0.39, 0.29) is 25.5 Å². The Kier molecular flexibility index (Phi) is 15.8. The van der Waals surface area contributed by atoms with Crippen LogP contribution in [0.5, 0.6) is 0 Å². The number of rotatable bonds is 8. The maximum Gasteiger partial charge on any atom is 0.135 e. The number of aromatic nitrogens is 3. The second-order valence-corrected chi connectivity index (χ2v) is 28.1. The number of hydrogen-bond donors (Lipinski definition) is 0. The fourth-order valence-corrected chi connectivity index (χ4v) is 10.3. The number of fused-ring (bicyclic) bond motifs is 3. The Balaban J connectivity index is 0.000000192. The fourth-order valence-electron chi connectivity index (χ4n) is 8.74. The topological polar surface area (TPSA) is 51.8 Å². The molecule has 1 radical (unpaired) electrons. The van der Waals surface area contributed by atoms with E-state index in [0.717, 1.165) is 74.1 Å². The minimum atomic E-state index is -2.19. The molecule has 363 valence electrons. The first-order valence-electron chi connectivity index (χ1n) is 25.9. The molecule has 4 heterocycles. The van der Waals surface area contributed by atoms with Crippen molar-refractivity contribution < 1.29 is 28.6 Å². The summed E-state index contributed by atoms with van der Waals surface area (Å²) in [4.78, 5) is 13.7. The molecule has 0 N–H and O–H groups in total. The minimum Gasteiger partial charge on any atom is -0.456 e. The van der Waals surface area contributed by atoms with Gasteiger partial charge in [-0.15, -0.1) is 0 Å². The SMILES string of the molecule is CC(C)(C)Cc1cc(-c2ccccc2)ncc1[Si](C)(C)C.CC(C)(C)Cc1ccnc(-c2ccccc2)c1.[2H]C([2H])([2H])c1cnc(-c2ccc3oc4ccc(-c5ccccc5)cc4c3c2)cc1CC(C)(C)C.[Ir]. The summed E-state index contributed by atoms with van der Waals surface area (Å²) in [5, 5.41) is 3.56. The van der Waals surface area contributed by atoms with Gasteiger partial charge in [-0.25, -0.2) is 0 Å². The summed E-state index contributed by atoms with van der Waals surface area (Å²) in [5.41, 5.74) is 14.7. The van der Waals surface area contributed by atoms with Crippen LogP contribution in [-0.4, -0.2) is 23.0 Å². The molecule has 0 saturated heterocycles. The zero-order valence-electron chi connectivity index (χ0n) is 46.4. The molecule has 5 aromatic carbocycles. The second-order valence-electron chi connectivity index (χ2n) is 23.1. The monoisotopic (exact) mass is 1120 g/mol. The van der Waals surface area contributed by atoms with Crippen LogP contribution in [0.2, 0.25) is 19.6 Å². The minimum absolute atomic E-state index is 0. The van der Waals surface area contributed by atoms with Gasteiger partial charge in [-0.3, -0.25) is 15.0 Å². The summed E-state index contributed by atoms with van der Waals surface area (Å²) >= 11 is 0. The molecule has 6 heteroatoms. The van der Waals surface area contributed by atoms with Gasteiger partial charge in [0.1, 0.15) is 11.2 Å². The average Bonchev–Trinajstić information content (AvgIpc) is 3.68. The Morgan fingerprint density at radius 1 is 0.457 bits per heavy atom. The first kappa shape index (κ1) is 49.2. The molecule has 70 heavy (non-hydrogen) atoms. The van der Waals surface area contributed by atoms with Crippen LogP contribution in [0.1, 0.15) is 88.7 Å². The van der Waals surface area contributed by atoms with Crippen LogP contribution in [0.3, 0.4) is 0 Å². The van der Waals surface area contributed by atoms with Gasteiger partial charge >= 0.3 is 0 Å². The smallest absolute Gasteiger partial charge is 0.135 e. The van der Waals surface area contributed by atoms with Crippen LogP contribution < -0.4 is 5.19 Å². The predicted molar refractivity (Wildman–Crippen MR) is 299 cm³/mol. The number of pyridine rings is 3. The van der Waals surface area contributed by atoms with Crippen molar-refractivity contribution in [3.63, 3.8) is 0 Å². The second kappa shape index (κ2) is 22.5. The van der Waals surface area contributed by atoms with Gasteiger partial charge in [-0.1, -0.05) is 179 Å². The molecule has 4 nitrogen and oxygen atoms in total. The van der Waals surface area contributed by atoms with Crippen molar-refractivity contribution in [3.05, 3.63) is 193 Å². The van der Waals surface area contributed by atoms with Crippen LogP contribution >= 0.6 is 0 Å². The van der Waals surface area contributed by atoms with Gasteiger partial charge in [0.2, 0.25) is 0 Å². The molecule has 0 fully saturated rings. The van der Waals surface area contributed by atoms with Crippen LogP contribution in [0.25, 0.3) is 66.8 Å². The van der Waals surface area contributed by atoms with Gasteiger partial charge < -0.3 is 4.42 Å². The van der Waals surface area contributed by atoms with E-state index in [2.05, 4.69) is 189 Å². The molecule has 4 aromatic heterocycles. The Bertz CT molecular complexity index is 3230. The Labute approximate surface area is 438 Å². The molecule has 9 aromatic rings. The molecular weight excluding hydrogens is 1050 g/mol. The normalized spacial score (nSPS) is 12.7. The van der Waals surface area contributed by atoms with Crippen molar-refractivity contribution in [1.82, 2.24) is 15.0 Å². The van der Waals surface area contributed by atoms with Crippen LogP contribution in [0, 0.1) is 23.1 Å². The number of benzene rings is 5. The third-order valence-corrected chi connectivity index (χ3v) is 13.9. The molecule has 0 aliphatic carbocycles. The van der Waals surface area contributed by atoms with Gasteiger partial charge in [0, 0.05) is 70.3 Å². The van der Waals surface area contributed by atoms with Crippen molar-refractivity contribution in [2.45, 2.75) is 108 Å². The molecule has 0 amide bonds. The summed E-state index contributed by atoms with van der Waals surface area (Å²) in [5.74, 6) is 0. The van der Waals surface area contributed by atoms with Gasteiger partial charge in [0.15, 0.2) is 0 Å². The number of hydrogen-bond acceptors (Lipinski definition) is 4. The van der Waals surface area contributed by atoms with Crippen molar-refractivity contribution in [2.24, 2.45) is 16.2 Å². The molecule has 0 saturated carbocycles. The number of furan rings is 1. The van der Waals surface area contributed by atoms with Crippen molar-refractivity contribution in [2.75, 3.05) is 0 Å². The van der Waals surface area contributed by atoms with E-state index in [0.29, 0.717) is 22.8 Å². The molecular formula is C64H73IrN3OSi. The van der Waals surface area contributed by atoms with E-state index in [1.807, 2.05) is 66.9 Å². The third kappa shape index (κ3) is 14.9. The van der Waals surface area contributed by atoms with E-state index in [9.17, 15) is 0 Å². The van der Waals surface area contributed by atoms with Crippen LogP contribution in [0.15, 0.2) is 175 Å². The van der Waals surface area contributed by atoms with E-state index in [4.69, 9.17) is 13.5 Å². The molecule has 0 aliphatic rings. The van der Waals surface area contributed by atoms with Gasteiger partial charge in [-0.05, 0) is 136 Å². The van der Waals surface area contributed by atoms with E-state index in [1.165, 1.54) is 33.6 Å². The fraction of sp³-hybridized carbons (Fsp3) is 0.297. The maximum absolute atomic E-state index is 7.95. The predicted octanol–water partition coefficient (Wildman–Crippen LogP) is 17.4. The zero-order chi connectivity index (χ0) is 52.1. The van der Waals surface area contributed by atoms with Gasteiger partial charge in [-0.2, -0.15) is 0 Å². The molecule has 0 aliphatic heterocycles. The Hall–Kier alpha value is -5.78. The standard InChI is InChI=1S/C29H27NO.C19H27NSi.C16H19N.Ir/c1-19-18-30-26(16-23(19)17-29(2,3)4)22-11-13-28-25(15-22)24-14-21(10-12-27(24)31-28)20-8-6-5-7-9-20;1-19(2,3)13-16-12-17(15-10-8-7-9-11-15)20-14-18(16)21(4,5)6;1-16(2,3)12-13-9-10-17-15(11-13)14-7-5-4-6-8-14;/h5-16,18H,17H2,1-4H3;7-12,14H,13H2,1-6H3;4-11H,12H2,1-3H3;/i1D3;;;. The largest absolute Gasteiger partial charge is 0.456 e. The summed E-state index contributed by atoms with van der Waals surface area (Å²) in [6.07, 6.45) is 8.41. The average molecular weight is 1120 g/mol. The number of nitrogens with zero attached hydrogens (tertiary/aromatic N) is 3. The quantitative estimate of drug-likeness (QED) is 0.142. The van der Waals surface area contributed by atoms with Crippen LogP contribution in [0.4, 0.5) is 0 Å². The van der Waals surface area contributed by atoms with E-state index in [1.54, 1.807) is 0 Å². The Morgan fingerprint density at radius 2 is 0.914 bits per heavy atom. The molecule has 0 spiro atoms. The molecule has 9 rings (SSSR count).